The third-order valence-electron chi connectivity index (χ3n) is 1.04. The summed E-state index contributed by atoms with van der Waals surface area (Å²) in [4.78, 5) is 5.94. The maximum absolute atomic E-state index is 5.49. The van der Waals surface area contributed by atoms with Gasteiger partial charge >= 0.3 is 0 Å². The second-order valence-electron chi connectivity index (χ2n) is 1.59. The van der Waals surface area contributed by atoms with E-state index >= 15 is 0 Å². The van der Waals surface area contributed by atoms with Crippen molar-refractivity contribution >= 4 is 34.2 Å². The number of aryl methyl sites for hydroxylation is 1. The molecular formula is C6H10ClIN2. The highest BCUT2D eigenvalue weighted by Crippen LogP contribution is 1.96. The molecule has 0 bridgehead atoms. The Labute approximate surface area is 79.7 Å². The van der Waals surface area contributed by atoms with E-state index in [0.717, 1.165) is 5.82 Å². The second kappa shape index (κ2) is 5.97. The molecule has 0 spiro atoms. The van der Waals surface area contributed by atoms with Crippen LogP contribution in [0.5, 0.6) is 0 Å². The number of halogens is 2. The minimum absolute atomic E-state index is 0.490. The van der Waals surface area contributed by atoms with E-state index in [0.29, 0.717) is 5.88 Å². The van der Waals surface area contributed by atoms with E-state index in [1.54, 1.807) is 6.20 Å². The first-order chi connectivity index (χ1) is 4.84. The normalized spacial score (nSPS) is 8.40. The lowest BCUT2D eigenvalue weighted by Crippen LogP contribution is -1.91. The first kappa shape index (κ1) is 10.2. The summed E-state index contributed by atoms with van der Waals surface area (Å²) in [5.74, 6) is 1.40. The minimum Gasteiger partial charge on any atom is -0.337 e. The summed E-state index contributed by atoms with van der Waals surface area (Å²) in [7, 11) is 1.92. The molecule has 0 N–H and O–H groups in total. The summed E-state index contributed by atoms with van der Waals surface area (Å²) in [6.45, 7) is 0. The fourth-order valence-corrected chi connectivity index (χ4v) is 0.783. The Morgan fingerprint density at radius 1 is 1.70 bits per heavy atom. The highest BCUT2D eigenvalue weighted by Gasteiger charge is 1.92. The largest absolute Gasteiger partial charge is 0.337 e. The summed E-state index contributed by atoms with van der Waals surface area (Å²) in [6, 6.07) is 0. The molecule has 0 fully saturated rings. The Bertz CT molecular complexity index is 176. The number of rotatable bonds is 1. The van der Waals surface area contributed by atoms with Crippen LogP contribution >= 0.6 is 34.2 Å². The number of hydrogen-bond donors (Lipinski definition) is 0. The van der Waals surface area contributed by atoms with Crippen LogP contribution in [0.15, 0.2) is 12.4 Å². The molecule has 0 amide bonds. The van der Waals surface area contributed by atoms with E-state index in [1.807, 2.05) is 22.7 Å². The van der Waals surface area contributed by atoms with Crippen molar-refractivity contribution in [2.75, 3.05) is 4.93 Å². The molecule has 0 aliphatic rings. The van der Waals surface area contributed by atoms with Gasteiger partial charge in [-0.05, 0) is 4.93 Å². The van der Waals surface area contributed by atoms with Crippen LogP contribution in [0.1, 0.15) is 5.82 Å². The van der Waals surface area contributed by atoms with Crippen molar-refractivity contribution in [3.05, 3.63) is 18.2 Å². The molecule has 1 aromatic rings. The van der Waals surface area contributed by atoms with Gasteiger partial charge in [-0.2, -0.15) is 0 Å². The van der Waals surface area contributed by atoms with Crippen LogP contribution in [0.3, 0.4) is 0 Å². The fraction of sp³-hybridized carbons (Fsp3) is 0.500. The summed E-state index contributed by atoms with van der Waals surface area (Å²) >= 11 is 7.64. The molecule has 1 rings (SSSR count). The van der Waals surface area contributed by atoms with Gasteiger partial charge in [0.05, 0.1) is 5.88 Å². The van der Waals surface area contributed by atoms with Crippen molar-refractivity contribution in [2.45, 2.75) is 5.88 Å². The van der Waals surface area contributed by atoms with Gasteiger partial charge < -0.3 is 4.57 Å². The maximum atomic E-state index is 5.49. The second-order valence-corrected chi connectivity index (χ2v) is 1.86. The topological polar surface area (TPSA) is 17.8 Å². The van der Waals surface area contributed by atoms with E-state index in [9.17, 15) is 0 Å². The highest BCUT2D eigenvalue weighted by atomic mass is 127. The lowest BCUT2D eigenvalue weighted by molar-refractivity contribution is 0.847. The van der Waals surface area contributed by atoms with Gasteiger partial charge in [-0.1, -0.05) is 22.6 Å². The SMILES string of the molecule is CI.Cn1ccnc1CCl. The van der Waals surface area contributed by atoms with E-state index in [4.69, 9.17) is 11.6 Å². The van der Waals surface area contributed by atoms with Crippen LogP contribution in [0.25, 0.3) is 0 Å². The first-order valence-electron chi connectivity index (χ1n) is 2.74. The zero-order valence-electron chi connectivity index (χ0n) is 6.01. The maximum Gasteiger partial charge on any atom is 0.123 e. The Morgan fingerprint density at radius 2 is 2.30 bits per heavy atom. The average Bonchev–Trinajstić information content (AvgIpc) is 2.39. The molecule has 0 aliphatic heterocycles. The summed E-state index contributed by atoms with van der Waals surface area (Å²) in [6.07, 6.45) is 3.61. The number of hydrogen-bond acceptors (Lipinski definition) is 1. The molecule has 0 saturated heterocycles. The molecule has 0 atom stereocenters. The zero-order chi connectivity index (χ0) is 7.98. The van der Waals surface area contributed by atoms with Gasteiger partial charge in [0.2, 0.25) is 0 Å². The van der Waals surface area contributed by atoms with Gasteiger partial charge in [0.15, 0.2) is 0 Å². The van der Waals surface area contributed by atoms with Crippen molar-refractivity contribution in [3.8, 4) is 0 Å². The molecule has 2 nitrogen and oxygen atoms in total. The van der Waals surface area contributed by atoms with Gasteiger partial charge in [-0.25, -0.2) is 4.98 Å². The van der Waals surface area contributed by atoms with Crippen LogP contribution in [-0.2, 0) is 12.9 Å². The molecule has 58 valence electrons. The van der Waals surface area contributed by atoms with Crippen LogP contribution in [0.4, 0.5) is 0 Å². The predicted octanol–water partition coefficient (Wildman–Crippen LogP) is 2.21. The van der Waals surface area contributed by atoms with Crippen LogP contribution < -0.4 is 0 Å². The third kappa shape index (κ3) is 2.88. The predicted molar refractivity (Wildman–Crippen MR) is 52.7 cm³/mol. The van der Waals surface area contributed by atoms with E-state index in [1.165, 1.54) is 0 Å². The Kier molecular flexibility index (Phi) is 6.11. The van der Waals surface area contributed by atoms with Crippen molar-refractivity contribution in [1.82, 2.24) is 9.55 Å². The summed E-state index contributed by atoms with van der Waals surface area (Å²) in [5, 5.41) is 0. The molecular weight excluding hydrogens is 262 g/mol. The van der Waals surface area contributed by atoms with Crippen LogP contribution in [0.2, 0.25) is 0 Å². The summed E-state index contributed by atoms with van der Waals surface area (Å²) < 4.78 is 1.90. The lowest BCUT2D eigenvalue weighted by atomic mass is 10.7. The number of imidazole rings is 1. The first-order valence-corrected chi connectivity index (χ1v) is 5.43. The van der Waals surface area contributed by atoms with Crippen LogP contribution in [-0.4, -0.2) is 14.5 Å². The molecule has 0 unspecified atom stereocenters. The lowest BCUT2D eigenvalue weighted by Gasteiger charge is -1.91. The Balaban J connectivity index is 0.000000371. The third-order valence-corrected chi connectivity index (χ3v) is 1.28. The Morgan fingerprint density at radius 3 is 2.50 bits per heavy atom. The average molecular weight is 273 g/mol. The smallest absolute Gasteiger partial charge is 0.123 e. The fourth-order valence-electron chi connectivity index (χ4n) is 0.525. The van der Waals surface area contributed by atoms with Crippen molar-refractivity contribution in [3.63, 3.8) is 0 Å². The van der Waals surface area contributed by atoms with Crippen molar-refractivity contribution in [2.24, 2.45) is 7.05 Å². The van der Waals surface area contributed by atoms with Gasteiger partial charge in [-0.3, -0.25) is 0 Å². The quantitative estimate of drug-likeness (QED) is 0.566. The van der Waals surface area contributed by atoms with Gasteiger partial charge in [0.1, 0.15) is 5.82 Å². The molecule has 0 radical (unpaired) electrons. The molecule has 1 heterocycles. The molecule has 1 aromatic heterocycles. The molecule has 0 aliphatic carbocycles. The van der Waals surface area contributed by atoms with E-state index in [2.05, 4.69) is 27.6 Å². The van der Waals surface area contributed by atoms with Crippen LogP contribution in [0, 0.1) is 0 Å². The molecule has 0 saturated carbocycles. The standard InChI is InChI=1S/C5H7ClN2.CH3I/c1-8-3-2-7-5(8)4-6;1-2/h2-3H,4H2,1H3;1H3. The summed E-state index contributed by atoms with van der Waals surface area (Å²) in [5.41, 5.74) is 0. The zero-order valence-corrected chi connectivity index (χ0v) is 8.93. The number of nitrogens with zero attached hydrogens (tertiary/aromatic N) is 2. The number of aromatic nitrogens is 2. The highest BCUT2D eigenvalue weighted by molar-refractivity contribution is 14.1. The number of alkyl halides is 2. The van der Waals surface area contributed by atoms with E-state index in [-0.39, 0.29) is 0 Å². The van der Waals surface area contributed by atoms with Crippen molar-refractivity contribution < 1.29 is 0 Å². The van der Waals surface area contributed by atoms with Gasteiger partial charge in [-0.15, -0.1) is 11.6 Å². The minimum atomic E-state index is 0.490. The molecule has 10 heavy (non-hydrogen) atoms. The monoisotopic (exact) mass is 272 g/mol. The van der Waals surface area contributed by atoms with Crippen molar-refractivity contribution in [1.29, 1.82) is 0 Å². The molecule has 0 aromatic carbocycles. The molecule has 4 heteroatoms. The van der Waals surface area contributed by atoms with E-state index < -0.39 is 0 Å². The van der Waals surface area contributed by atoms with Gasteiger partial charge in [0.25, 0.3) is 0 Å². The Hall–Kier alpha value is 0.230. The van der Waals surface area contributed by atoms with Gasteiger partial charge in [0, 0.05) is 19.4 Å².